The highest BCUT2D eigenvalue weighted by Gasteiger charge is 2.08. The molecule has 0 spiro atoms. The number of rotatable bonds is 4. The second-order valence-corrected chi connectivity index (χ2v) is 4.63. The van der Waals surface area contributed by atoms with E-state index in [4.69, 9.17) is 4.74 Å². The van der Waals surface area contributed by atoms with Gasteiger partial charge in [0.05, 0.1) is 12.3 Å². The van der Waals surface area contributed by atoms with Crippen LogP contribution < -0.4 is 16.0 Å². The van der Waals surface area contributed by atoms with Crippen LogP contribution in [-0.4, -0.2) is 18.7 Å². The molecule has 0 atom stereocenters. The van der Waals surface area contributed by atoms with Gasteiger partial charge in [-0.25, -0.2) is 18.4 Å². The van der Waals surface area contributed by atoms with Gasteiger partial charge in [0.25, 0.3) is 0 Å². The van der Waals surface area contributed by atoms with E-state index in [0.717, 1.165) is 12.1 Å². The van der Waals surface area contributed by atoms with Crippen LogP contribution in [-0.2, 0) is 4.74 Å². The predicted molar refractivity (Wildman–Crippen MR) is 86.1 cm³/mol. The van der Waals surface area contributed by atoms with Gasteiger partial charge in [-0.1, -0.05) is 0 Å². The Bertz CT molecular complexity index is 736. The first kappa shape index (κ1) is 17.2. The lowest BCUT2D eigenvalue weighted by atomic mass is 10.3. The quantitative estimate of drug-likeness (QED) is 0.784. The molecule has 24 heavy (non-hydrogen) atoms. The van der Waals surface area contributed by atoms with Crippen molar-refractivity contribution >= 4 is 29.2 Å². The fourth-order valence-electron chi connectivity index (χ4n) is 1.80. The number of carbonyl (C=O) groups is 2. The molecule has 6 nitrogen and oxygen atoms in total. The molecule has 126 valence electrons. The van der Waals surface area contributed by atoms with Crippen molar-refractivity contribution in [1.82, 2.24) is 0 Å². The SMILES string of the molecule is CCOC(=O)Nc1ccc(NC(=O)Nc2ccc(F)cc2F)cc1. The number of halogens is 2. The lowest BCUT2D eigenvalue weighted by Crippen LogP contribution is -2.20. The Morgan fingerprint density at radius 1 is 0.958 bits per heavy atom. The minimum Gasteiger partial charge on any atom is -0.450 e. The van der Waals surface area contributed by atoms with Gasteiger partial charge in [-0.3, -0.25) is 5.32 Å². The molecular weight excluding hydrogens is 320 g/mol. The maximum Gasteiger partial charge on any atom is 0.411 e. The molecule has 0 aliphatic carbocycles. The number of carbonyl (C=O) groups excluding carboxylic acids is 2. The van der Waals surface area contributed by atoms with E-state index in [1.165, 1.54) is 0 Å². The number of hydrogen-bond donors (Lipinski definition) is 3. The zero-order valence-electron chi connectivity index (χ0n) is 12.7. The van der Waals surface area contributed by atoms with Gasteiger partial charge in [0, 0.05) is 17.4 Å². The normalized spacial score (nSPS) is 9.96. The monoisotopic (exact) mass is 335 g/mol. The van der Waals surface area contributed by atoms with Crippen molar-refractivity contribution < 1.29 is 23.1 Å². The smallest absolute Gasteiger partial charge is 0.411 e. The molecule has 0 unspecified atom stereocenters. The summed E-state index contributed by atoms with van der Waals surface area (Å²) in [4.78, 5) is 23.1. The van der Waals surface area contributed by atoms with Gasteiger partial charge in [-0.05, 0) is 43.3 Å². The number of ether oxygens (including phenoxy) is 1. The fourth-order valence-corrected chi connectivity index (χ4v) is 1.80. The van der Waals surface area contributed by atoms with Crippen LogP contribution in [0.1, 0.15) is 6.92 Å². The van der Waals surface area contributed by atoms with Crippen LogP contribution in [0.5, 0.6) is 0 Å². The van der Waals surface area contributed by atoms with Gasteiger partial charge < -0.3 is 15.4 Å². The Labute approximate surface area is 136 Å². The fraction of sp³-hybridized carbons (Fsp3) is 0.125. The van der Waals surface area contributed by atoms with E-state index in [9.17, 15) is 18.4 Å². The molecule has 8 heteroatoms. The summed E-state index contributed by atoms with van der Waals surface area (Å²) in [5.74, 6) is -1.61. The van der Waals surface area contributed by atoms with E-state index >= 15 is 0 Å². The predicted octanol–water partition coefficient (Wildman–Crippen LogP) is 4.18. The maximum absolute atomic E-state index is 13.5. The van der Waals surface area contributed by atoms with Crippen LogP contribution in [0.15, 0.2) is 42.5 Å². The molecule has 0 bridgehead atoms. The number of benzene rings is 2. The molecule has 0 heterocycles. The van der Waals surface area contributed by atoms with Crippen molar-refractivity contribution in [3.63, 3.8) is 0 Å². The topological polar surface area (TPSA) is 79.5 Å². The van der Waals surface area contributed by atoms with E-state index < -0.39 is 23.8 Å². The van der Waals surface area contributed by atoms with Crippen LogP contribution in [0, 0.1) is 11.6 Å². The number of amides is 3. The van der Waals surface area contributed by atoms with E-state index in [2.05, 4.69) is 16.0 Å². The summed E-state index contributed by atoms with van der Waals surface area (Å²) in [5, 5.41) is 7.25. The highest BCUT2D eigenvalue weighted by atomic mass is 19.1. The average molecular weight is 335 g/mol. The molecular formula is C16H15F2N3O3. The maximum atomic E-state index is 13.5. The lowest BCUT2D eigenvalue weighted by molar-refractivity contribution is 0.168. The molecule has 2 aromatic rings. The van der Waals surface area contributed by atoms with Crippen LogP contribution in [0.25, 0.3) is 0 Å². The van der Waals surface area contributed by atoms with Crippen LogP contribution in [0.4, 0.5) is 35.4 Å². The summed E-state index contributed by atoms with van der Waals surface area (Å²) < 4.78 is 31.0. The highest BCUT2D eigenvalue weighted by molar-refractivity contribution is 6.00. The minimum atomic E-state index is -0.876. The molecule has 0 saturated carbocycles. The summed E-state index contributed by atoms with van der Waals surface area (Å²) in [5.41, 5.74) is 0.767. The Hall–Kier alpha value is -3.16. The molecule has 3 amide bonds. The van der Waals surface area contributed by atoms with E-state index in [-0.39, 0.29) is 12.3 Å². The number of nitrogens with one attached hydrogen (secondary N) is 3. The number of hydrogen-bond acceptors (Lipinski definition) is 3. The molecule has 0 aliphatic rings. The van der Waals surface area contributed by atoms with Crippen molar-refractivity contribution in [2.75, 3.05) is 22.6 Å². The molecule has 0 aromatic heterocycles. The number of urea groups is 1. The van der Waals surface area contributed by atoms with Crippen molar-refractivity contribution in [3.8, 4) is 0 Å². The second-order valence-electron chi connectivity index (χ2n) is 4.63. The molecule has 0 saturated heterocycles. The second kappa shape index (κ2) is 7.91. The minimum absolute atomic E-state index is 0.144. The number of anilines is 3. The van der Waals surface area contributed by atoms with Crippen LogP contribution in [0.3, 0.4) is 0 Å². The van der Waals surface area contributed by atoms with Gasteiger partial charge in [0.1, 0.15) is 11.6 Å². The Balaban J connectivity index is 1.93. The first-order valence-electron chi connectivity index (χ1n) is 7.05. The third kappa shape index (κ3) is 4.94. The molecule has 2 rings (SSSR count). The highest BCUT2D eigenvalue weighted by Crippen LogP contribution is 2.17. The first-order chi connectivity index (χ1) is 11.5. The van der Waals surface area contributed by atoms with E-state index in [1.807, 2.05) is 0 Å². The standard InChI is InChI=1S/C16H15F2N3O3/c1-2-24-16(23)20-12-6-4-11(5-7-12)19-15(22)21-14-8-3-10(17)9-13(14)18/h3-9H,2H2,1H3,(H,20,23)(H2,19,21,22). The van der Waals surface area contributed by atoms with E-state index in [1.54, 1.807) is 31.2 Å². The molecule has 0 radical (unpaired) electrons. The summed E-state index contributed by atoms with van der Waals surface area (Å²) in [6.45, 7) is 1.95. The lowest BCUT2D eigenvalue weighted by Gasteiger charge is -2.09. The summed E-state index contributed by atoms with van der Waals surface area (Å²) in [7, 11) is 0. The van der Waals surface area contributed by atoms with E-state index in [0.29, 0.717) is 17.4 Å². The van der Waals surface area contributed by atoms with Crippen molar-refractivity contribution in [1.29, 1.82) is 0 Å². The zero-order chi connectivity index (χ0) is 17.5. The van der Waals surface area contributed by atoms with Crippen molar-refractivity contribution in [2.45, 2.75) is 6.92 Å². The van der Waals surface area contributed by atoms with Gasteiger partial charge >= 0.3 is 12.1 Å². The molecule has 3 N–H and O–H groups in total. The molecule has 0 fully saturated rings. The van der Waals surface area contributed by atoms with Crippen molar-refractivity contribution in [3.05, 3.63) is 54.1 Å². The third-order valence-electron chi connectivity index (χ3n) is 2.84. The van der Waals surface area contributed by atoms with Gasteiger partial charge in [-0.2, -0.15) is 0 Å². The Morgan fingerprint density at radius 2 is 1.58 bits per heavy atom. The van der Waals surface area contributed by atoms with Crippen LogP contribution >= 0.6 is 0 Å². The summed E-state index contributed by atoms with van der Waals surface area (Å²) in [6, 6.07) is 8.35. The van der Waals surface area contributed by atoms with Gasteiger partial charge in [0.15, 0.2) is 0 Å². The Morgan fingerprint density at radius 3 is 2.17 bits per heavy atom. The molecule has 0 aliphatic heterocycles. The average Bonchev–Trinajstić information content (AvgIpc) is 2.52. The van der Waals surface area contributed by atoms with Gasteiger partial charge in [0.2, 0.25) is 0 Å². The largest absolute Gasteiger partial charge is 0.450 e. The Kier molecular flexibility index (Phi) is 5.67. The summed E-state index contributed by atoms with van der Waals surface area (Å²) in [6.07, 6.45) is -0.581. The first-order valence-corrected chi connectivity index (χ1v) is 7.05. The zero-order valence-corrected chi connectivity index (χ0v) is 12.7. The van der Waals surface area contributed by atoms with Crippen molar-refractivity contribution in [2.24, 2.45) is 0 Å². The van der Waals surface area contributed by atoms with Gasteiger partial charge in [-0.15, -0.1) is 0 Å². The molecule has 2 aromatic carbocycles. The summed E-state index contributed by atoms with van der Waals surface area (Å²) >= 11 is 0. The van der Waals surface area contributed by atoms with Crippen LogP contribution in [0.2, 0.25) is 0 Å². The third-order valence-corrected chi connectivity index (χ3v) is 2.84.